The number of carboxylic acids is 2. The lowest BCUT2D eigenvalue weighted by molar-refractivity contribution is -0.139. The molecular weight excluding hydrogens is 534 g/mol. The largest absolute Gasteiger partial charge is 0.479 e. The fourth-order valence-electron chi connectivity index (χ4n) is 4.34. The number of carbonyl (C=O) groups is 3. The third-order valence-electron chi connectivity index (χ3n) is 5.91. The standard InChI is InChI=1S/C26H24BrNO6S/c27-21-22(34-15-20(29)30)24(26(32)33)35-23(21)17-10-7-13-19(14-17)28(18-11-5-2-6-12-18)25(31)16-8-3-1-4-9-16/h1,3-4,7-10,13-14,18H,2,5-6,11-12,15H2,(H,29,30)(H,32,33). The van der Waals surface area contributed by atoms with Gasteiger partial charge >= 0.3 is 11.9 Å². The minimum atomic E-state index is -1.21. The molecular formula is C26H24BrNO6S. The van der Waals surface area contributed by atoms with Crippen molar-refractivity contribution in [2.24, 2.45) is 0 Å². The highest BCUT2D eigenvalue weighted by Gasteiger charge is 2.29. The van der Waals surface area contributed by atoms with E-state index in [1.54, 1.807) is 0 Å². The molecule has 0 radical (unpaired) electrons. The van der Waals surface area contributed by atoms with Crippen LogP contribution in [-0.4, -0.2) is 40.7 Å². The van der Waals surface area contributed by atoms with Crippen molar-refractivity contribution in [3.05, 3.63) is 69.5 Å². The van der Waals surface area contributed by atoms with E-state index in [0.717, 1.165) is 49.1 Å². The molecule has 0 bridgehead atoms. The first-order chi connectivity index (χ1) is 16.9. The lowest BCUT2D eigenvalue weighted by atomic mass is 9.93. The summed E-state index contributed by atoms with van der Waals surface area (Å²) in [6.45, 7) is -0.657. The molecule has 1 aliphatic rings. The first-order valence-electron chi connectivity index (χ1n) is 11.3. The minimum Gasteiger partial charge on any atom is -0.479 e. The van der Waals surface area contributed by atoms with Crippen molar-refractivity contribution < 1.29 is 29.3 Å². The highest BCUT2D eigenvalue weighted by atomic mass is 79.9. The van der Waals surface area contributed by atoms with Gasteiger partial charge in [-0.25, -0.2) is 9.59 Å². The summed E-state index contributed by atoms with van der Waals surface area (Å²) >= 11 is 4.40. The van der Waals surface area contributed by atoms with Gasteiger partial charge in [0.2, 0.25) is 0 Å². The van der Waals surface area contributed by atoms with Crippen molar-refractivity contribution in [3.63, 3.8) is 0 Å². The number of amides is 1. The number of carbonyl (C=O) groups excluding carboxylic acids is 1. The van der Waals surface area contributed by atoms with Crippen LogP contribution in [0.2, 0.25) is 0 Å². The smallest absolute Gasteiger partial charge is 0.349 e. The summed E-state index contributed by atoms with van der Waals surface area (Å²) in [5, 5.41) is 18.6. The number of rotatable bonds is 8. The van der Waals surface area contributed by atoms with Gasteiger partial charge in [-0.2, -0.15) is 0 Å². The lowest BCUT2D eigenvalue weighted by Crippen LogP contribution is -2.41. The first-order valence-corrected chi connectivity index (χ1v) is 12.9. The molecule has 1 fully saturated rings. The van der Waals surface area contributed by atoms with Crippen molar-refractivity contribution in [2.75, 3.05) is 11.5 Å². The van der Waals surface area contributed by atoms with Crippen LogP contribution >= 0.6 is 27.3 Å². The number of anilines is 1. The molecule has 35 heavy (non-hydrogen) atoms. The Morgan fingerprint density at radius 1 is 1.00 bits per heavy atom. The molecule has 2 N–H and O–H groups in total. The van der Waals surface area contributed by atoms with E-state index in [4.69, 9.17) is 9.84 Å². The Morgan fingerprint density at radius 2 is 1.71 bits per heavy atom. The summed E-state index contributed by atoms with van der Waals surface area (Å²) in [6, 6.07) is 16.7. The molecule has 3 aromatic rings. The van der Waals surface area contributed by atoms with E-state index in [2.05, 4.69) is 15.9 Å². The maximum Gasteiger partial charge on any atom is 0.349 e. The molecule has 182 valence electrons. The Labute approximate surface area is 215 Å². The van der Waals surface area contributed by atoms with Gasteiger partial charge < -0.3 is 19.8 Å². The SMILES string of the molecule is O=C(O)COc1c(C(=O)O)sc(-c2cccc(N(C(=O)c3ccccc3)C3CCCCC3)c2)c1Br. The number of carboxylic acid groups (broad SMARTS) is 2. The fraction of sp³-hybridized carbons (Fsp3) is 0.269. The molecule has 0 aliphatic heterocycles. The van der Waals surface area contributed by atoms with Crippen molar-refractivity contribution in [3.8, 4) is 16.2 Å². The Hall–Kier alpha value is -3.17. The van der Waals surface area contributed by atoms with Crippen molar-refractivity contribution in [1.82, 2.24) is 0 Å². The van der Waals surface area contributed by atoms with Crippen molar-refractivity contribution >= 4 is 50.8 Å². The number of hydrogen-bond donors (Lipinski definition) is 2. The normalized spacial score (nSPS) is 13.9. The van der Waals surface area contributed by atoms with Gasteiger partial charge in [0.1, 0.15) is 0 Å². The van der Waals surface area contributed by atoms with Crippen LogP contribution < -0.4 is 9.64 Å². The fourth-order valence-corrected chi connectivity index (χ4v) is 6.22. The molecule has 1 amide bonds. The topological polar surface area (TPSA) is 104 Å². The van der Waals surface area contributed by atoms with Crippen molar-refractivity contribution in [1.29, 1.82) is 0 Å². The number of ether oxygens (including phenoxy) is 1. The maximum atomic E-state index is 13.6. The number of aliphatic carboxylic acids is 1. The predicted molar refractivity (Wildman–Crippen MR) is 138 cm³/mol. The van der Waals surface area contributed by atoms with Crippen LogP contribution in [0.3, 0.4) is 0 Å². The predicted octanol–water partition coefficient (Wildman–Crippen LogP) is 6.32. The van der Waals surface area contributed by atoms with Crippen LogP contribution in [0.15, 0.2) is 59.1 Å². The highest BCUT2D eigenvalue weighted by Crippen LogP contribution is 2.46. The van der Waals surface area contributed by atoms with Crippen LogP contribution in [0.25, 0.3) is 10.4 Å². The summed E-state index contributed by atoms with van der Waals surface area (Å²) in [4.78, 5) is 38.7. The van der Waals surface area contributed by atoms with Gasteiger partial charge in [-0.3, -0.25) is 4.79 Å². The summed E-state index contributed by atoms with van der Waals surface area (Å²) < 4.78 is 5.65. The Balaban J connectivity index is 1.76. The number of thiophene rings is 1. The number of aromatic carboxylic acids is 1. The summed E-state index contributed by atoms with van der Waals surface area (Å²) in [6.07, 6.45) is 5.12. The maximum absolute atomic E-state index is 13.6. The van der Waals surface area contributed by atoms with Gasteiger partial charge in [0, 0.05) is 17.3 Å². The summed E-state index contributed by atoms with van der Waals surface area (Å²) in [7, 11) is 0. The van der Waals surface area contributed by atoms with Gasteiger partial charge in [0.05, 0.1) is 9.35 Å². The van der Waals surface area contributed by atoms with Gasteiger partial charge in [-0.15, -0.1) is 11.3 Å². The highest BCUT2D eigenvalue weighted by molar-refractivity contribution is 9.10. The van der Waals surface area contributed by atoms with E-state index < -0.39 is 18.5 Å². The molecule has 1 aliphatic carbocycles. The van der Waals surface area contributed by atoms with Gasteiger partial charge in [0.15, 0.2) is 17.2 Å². The van der Waals surface area contributed by atoms with Gasteiger partial charge in [-0.05, 0) is 58.6 Å². The minimum absolute atomic E-state index is 0.0187. The molecule has 9 heteroatoms. The molecule has 1 heterocycles. The van der Waals surface area contributed by atoms with Gasteiger partial charge in [-0.1, -0.05) is 49.6 Å². The van der Waals surface area contributed by atoms with Crippen LogP contribution in [0.1, 0.15) is 52.1 Å². The zero-order chi connectivity index (χ0) is 24.9. The van der Waals surface area contributed by atoms with E-state index >= 15 is 0 Å². The quantitative estimate of drug-likeness (QED) is 0.336. The molecule has 1 saturated carbocycles. The van der Waals surface area contributed by atoms with E-state index in [1.165, 1.54) is 0 Å². The Morgan fingerprint density at radius 3 is 2.37 bits per heavy atom. The molecule has 1 aromatic heterocycles. The van der Waals surface area contributed by atoms with Crippen molar-refractivity contribution in [2.45, 2.75) is 38.1 Å². The molecule has 0 saturated heterocycles. The Kier molecular flexibility index (Phi) is 7.87. The summed E-state index contributed by atoms with van der Waals surface area (Å²) in [5.74, 6) is -2.50. The zero-order valence-corrected chi connectivity index (χ0v) is 21.2. The van der Waals surface area contributed by atoms with Crippen LogP contribution in [0.5, 0.6) is 5.75 Å². The molecule has 0 spiro atoms. The molecule has 2 aromatic carbocycles. The van der Waals surface area contributed by atoms with Gasteiger partial charge in [0.25, 0.3) is 5.91 Å². The molecule has 4 rings (SSSR count). The second-order valence-corrected chi connectivity index (χ2v) is 10.1. The first kappa shape index (κ1) is 24.9. The third kappa shape index (κ3) is 5.57. The molecule has 7 nitrogen and oxygen atoms in total. The molecule has 0 unspecified atom stereocenters. The van der Waals surface area contributed by atoms with E-state index in [0.29, 0.717) is 20.5 Å². The number of benzene rings is 2. The van der Waals surface area contributed by atoms with Crippen LogP contribution in [0.4, 0.5) is 5.69 Å². The monoisotopic (exact) mass is 557 g/mol. The number of halogens is 1. The average molecular weight is 558 g/mol. The number of nitrogens with zero attached hydrogens (tertiary/aromatic N) is 1. The number of hydrogen-bond acceptors (Lipinski definition) is 5. The zero-order valence-electron chi connectivity index (χ0n) is 18.8. The van der Waals surface area contributed by atoms with E-state index in [-0.39, 0.29) is 22.6 Å². The van der Waals surface area contributed by atoms with E-state index in [9.17, 15) is 19.5 Å². The van der Waals surface area contributed by atoms with Crippen LogP contribution in [0, 0.1) is 0 Å². The molecule has 0 atom stereocenters. The second kappa shape index (κ2) is 11.0. The third-order valence-corrected chi connectivity index (χ3v) is 8.14. The second-order valence-electron chi connectivity index (χ2n) is 8.27. The van der Waals surface area contributed by atoms with Crippen LogP contribution in [-0.2, 0) is 4.79 Å². The van der Waals surface area contributed by atoms with E-state index in [1.807, 2.05) is 59.5 Å². The average Bonchev–Trinajstić information content (AvgIpc) is 3.20. The summed E-state index contributed by atoms with van der Waals surface area (Å²) in [5.41, 5.74) is 2.04. The Bertz CT molecular complexity index is 1240. The lowest BCUT2D eigenvalue weighted by Gasteiger charge is -2.34.